The van der Waals surface area contributed by atoms with Gasteiger partial charge >= 0.3 is 0 Å². The summed E-state index contributed by atoms with van der Waals surface area (Å²) >= 11 is 0. The van der Waals surface area contributed by atoms with Crippen molar-refractivity contribution >= 4 is 23.4 Å². The number of likely N-dealkylation sites (tertiary alicyclic amines) is 1. The summed E-state index contributed by atoms with van der Waals surface area (Å²) in [5.41, 5.74) is -1.68. The van der Waals surface area contributed by atoms with E-state index in [4.69, 9.17) is 14.6 Å². The number of anilines is 1. The Kier molecular flexibility index (Phi) is 8.61. The van der Waals surface area contributed by atoms with Crippen molar-refractivity contribution < 1.29 is 29.0 Å². The van der Waals surface area contributed by atoms with Crippen LogP contribution in [-0.2, 0) is 19.1 Å². The van der Waals surface area contributed by atoms with Gasteiger partial charge in [0.1, 0.15) is 17.4 Å². The molecule has 1 aromatic rings. The minimum absolute atomic E-state index is 0.141. The van der Waals surface area contributed by atoms with Crippen LogP contribution in [0.1, 0.15) is 79.6 Å². The molecule has 3 N–H and O–H groups in total. The number of unbranched alkanes of at least 4 members (excludes halogenated alkanes) is 3. The molecule has 3 aliphatic heterocycles. The Balaban J connectivity index is 1.64. The van der Waals surface area contributed by atoms with Crippen LogP contribution in [0.4, 0.5) is 5.69 Å². The van der Waals surface area contributed by atoms with E-state index in [0.29, 0.717) is 44.5 Å². The van der Waals surface area contributed by atoms with Crippen molar-refractivity contribution in [1.82, 2.24) is 10.2 Å². The first-order chi connectivity index (χ1) is 18.5. The number of aliphatic hydroxyl groups is 1. The Morgan fingerprint density at radius 1 is 1.08 bits per heavy atom. The SMILES string of the molecule is CCOc1ccc(NC(=O)[C@H]2[C@H]3C(=O)N(CCCCCCO)C(C(=O)NC(C)(C)C)C34CC[C@]2(CC)O4)cc1. The first kappa shape index (κ1) is 29.3. The van der Waals surface area contributed by atoms with E-state index in [-0.39, 0.29) is 24.3 Å². The third-order valence-corrected chi connectivity index (χ3v) is 8.45. The van der Waals surface area contributed by atoms with Gasteiger partial charge in [-0.25, -0.2) is 0 Å². The fourth-order valence-corrected chi connectivity index (χ4v) is 6.86. The molecule has 2 bridgehead atoms. The number of carbonyl (C=O) groups is 3. The van der Waals surface area contributed by atoms with Gasteiger partial charge in [-0.05, 0) is 84.1 Å². The number of fused-ring (bicyclic) bond motifs is 1. The van der Waals surface area contributed by atoms with E-state index in [0.717, 1.165) is 25.0 Å². The lowest BCUT2D eigenvalue weighted by Gasteiger charge is -2.35. The number of hydrogen-bond donors (Lipinski definition) is 3. The number of rotatable bonds is 12. The van der Waals surface area contributed by atoms with Crippen molar-refractivity contribution in [3.05, 3.63) is 24.3 Å². The molecule has 3 aliphatic rings. The lowest BCUT2D eigenvalue weighted by atomic mass is 9.65. The van der Waals surface area contributed by atoms with Crippen LogP contribution in [0.2, 0.25) is 0 Å². The molecule has 216 valence electrons. The van der Waals surface area contributed by atoms with Crippen molar-refractivity contribution in [2.45, 2.75) is 102 Å². The van der Waals surface area contributed by atoms with Gasteiger partial charge < -0.3 is 30.1 Å². The highest BCUT2D eigenvalue weighted by molar-refractivity contribution is 6.02. The van der Waals surface area contributed by atoms with Crippen molar-refractivity contribution in [2.24, 2.45) is 11.8 Å². The summed E-state index contributed by atoms with van der Waals surface area (Å²) in [4.78, 5) is 43.5. The zero-order valence-corrected chi connectivity index (χ0v) is 24.0. The molecule has 39 heavy (non-hydrogen) atoms. The summed E-state index contributed by atoms with van der Waals surface area (Å²) in [5, 5.41) is 15.2. The number of nitrogens with one attached hydrogen (secondary N) is 2. The summed E-state index contributed by atoms with van der Waals surface area (Å²) in [7, 11) is 0. The molecule has 3 amide bonds. The largest absolute Gasteiger partial charge is 0.494 e. The van der Waals surface area contributed by atoms with E-state index in [1.807, 2.05) is 34.6 Å². The van der Waals surface area contributed by atoms with E-state index in [9.17, 15) is 14.4 Å². The second kappa shape index (κ2) is 11.5. The van der Waals surface area contributed by atoms with Gasteiger partial charge in [-0.2, -0.15) is 0 Å². The molecule has 0 aromatic heterocycles. The normalized spacial score (nSPS) is 29.4. The first-order valence-electron chi connectivity index (χ1n) is 14.5. The number of benzene rings is 1. The quantitative estimate of drug-likeness (QED) is 0.347. The molecular formula is C30H45N3O6. The number of nitrogens with zero attached hydrogens (tertiary/aromatic N) is 1. The lowest BCUT2D eigenvalue weighted by molar-refractivity contribution is -0.147. The molecule has 0 radical (unpaired) electrons. The number of aliphatic hydroxyl groups excluding tert-OH is 1. The van der Waals surface area contributed by atoms with Gasteiger partial charge in [0.2, 0.25) is 17.7 Å². The zero-order valence-electron chi connectivity index (χ0n) is 24.0. The lowest BCUT2D eigenvalue weighted by Crippen LogP contribution is -2.58. The van der Waals surface area contributed by atoms with Crippen molar-refractivity contribution in [1.29, 1.82) is 0 Å². The smallest absolute Gasteiger partial charge is 0.246 e. The maximum absolute atomic E-state index is 14.1. The molecule has 3 saturated heterocycles. The maximum atomic E-state index is 14.1. The summed E-state index contributed by atoms with van der Waals surface area (Å²) in [6, 6.07) is 6.41. The minimum atomic E-state index is -1.03. The Morgan fingerprint density at radius 2 is 1.77 bits per heavy atom. The van der Waals surface area contributed by atoms with Crippen molar-refractivity contribution in [2.75, 3.05) is 25.1 Å². The van der Waals surface area contributed by atoms with E-state index in [1.54, 1.807) is 29.2 Å². The Morgan fingerprint density at radius 3 is 2.38 bits per heavy atom. The van der Waals surface area contributed by atoms with Crippen LogP contribution in [0.3, 0.4) is 0 Å². The average Bonchev–Trinajstić information content (AvgIpc) is 3.48. The fraction of sp³-hybridized carbons (Fsp3) is 0.700. The van der Waals surface area contributed by atoms with E-state index >= 15 is 0 Å². The molecule has 1 spiro atoms. The predicted molar refractivity (Wildman–Crippen MR) is 148 cm³/mol. The highest BCUT2D eigenvalue weighted by Crippen LogP contribution is 2.64. The van der Waals surface area contributed by atoms with Crippen LogP contribution in [0.15, 0.2) is 24.3 Å². The Bertz CT molecular complexity index is 1050. The molecule has 2 unspecified atom stereocenters. The third-order valence-electron chi connectivity index (χ3n) is 8.45. The van der Waals surface area contributed by atoms with Crippen molar-refractivity contribution in [3.63, 3.8) is 0 Å². The van der Waals surface area contributed by atoms with E-state index in [1.165, 1.54) is 0 Å². The van der Waals surface area contributed by atoms with Crippen LogP contribution in [0, 0.1) is 11.8 Å². The van der Waals surface area contributed by atoms with Crippen LogP contribution < -0.4 is 15.4 Å². The molecule has 4 rings (SSSR count). The molecule has 1 aromatic carbocycles. The van der Waals surface area contributed by atoms with Gasteiger partial charge in [-0.1, -0.05) is 19.8 Å². The highest BCUT2D eigenvalue weighted by Gasteiger charge is 2.78. The molecule has 0 aliphatic carbocycles. The minimum Gasteiger partial charge on any atom is -0.494 e. The highest BCUT2D eigenvalue weighted by atomic mass is 16.5. The van der Waals surface area contributed by atoms with Gasteiger partial charge in [0, 0.05) is 24.4 Å². The Hall–Kier alpha value is -2.65. The number of carbonyl (C=O) groups excluding carboxylic acids is 3. The molecule has 0 saturated carbocycles. The molecule has 3 fully saturated rings. The predicted octanol–water partition coefficient (Wildman–Crippen LogP) is 3.65. The second-order valence-corrected chi connectivity index (χ2v) is 12.2. The summed E-state index contributed by atoms with van der Waals surface area (Å²) in [5.74, 6) is -1.35. The topological polar surface area (TPSA) is 117 Å². The number of amides is 3. The van der Waals surface area contributed by atoms with Crippen LogP contribution >= 0.6 is 0 Å². The molecule has 5 atom stereocenters. The van der Waals surface area contributed by atoms with Crippen LogP contribution in [0.25, 0.3) is 0 Å². The fourth-order valence-electron chi connectivity index (χ4n) is 6.86. The molecule has 9 heteroatoms. The van der Waals surface area contributed by atoms with Gasteiger partial charge in [0.05, 0.1) is 24.0 Å². The zero-order chi connectivity index (χ0) is 28.4. The van der Waals surface area contributed by atoms with E-state index in [2.05, 4.69) is 10.6 Å². The number of hydrogen-bond acceptors (Lipinski definition) is 6. The van der Waals surface area contributed by atoms with Gasteiger partial charge in [-0.15, -0.1) is 0 Å². The first-order valence-corrected chi connectivity index (χ1v) is 14.5. The second-order valence-electron chi connectivity index (χ2n) is 12.2. The van der Waals surface area contributed by atoms with E-state index < -0.39 is 34.6 Å². The molecule has 9 nitrogen and oxygen atoms in total. The molecule has 3 heterocycles. The molecular weight excluding hydrogens is 498 g/mol. The number of ether oxygens (including phenoxy) is 2. The summed E-state index contributed by atoms with van der Waals surface area (Å²) < 4.78 is 12.3. The standard InChI is InChI=1S/C30H45N3O6/c1-6-29-16-17-30(39-29)23(22(29)25(35)31-20-12-14-21(15-13-20)38-7-2)27(37)33(18-10-8-9-11-19-34)24(30)26(36)32-28(3,4)5/h12-15,22-24,34H,6-11,16-19H2,1-5H3,(H,31,35)(H,32,36)/t22-,23+,24?,29+,30?/m1/s1. The summed E-state index contributed by atoms with van der Waals surface area (Å²) in [6.45, 7) is 10.8. The Labute approximate surface area is 232 Å². The summed E-state index contributed by atoms with van der Waals surface area (Å²) in [6.07, 6.45) is 4.89. The van der Waals surface area contributed by atoms with Crippen molar-refractivity contribution in [3.8, 4) is 5.75 Å². The van der Waals surface area contributed by atoms with Gasteiger partial charge in [0.25, 0.3) is 0 Å². The van der Waals surface area contributed by atoms with Gasteiger partial charge in [-0.3, -0.25) is 14.4 Å². The van der Waals surface area contributed by atoms with Crippen LogP contribution in [-0.4, -0.2) is 70.3 Å². The maximum Gasteiger partial charge on any atom is 0.246 e. The average molecular weight is 544 g/mol. The van der Waals surface area contributed by atoms with Gasteiger partial charge in [0.15, 0.2) is 0 Å². The monoisotopic (exact) mass is 543 g/mol. The van der Waals surface area contributed by atoms with Crippen LogP contribution in [0.5, 0.6) is 5.75 Å². The third kappa shape index (κ3) is 5.53.